The number of methoxy groups -OCH3 is 1. The van der Waals surface area contributed by atoms with E-state index in [0.717, 1.165) is 52.2 Å². The molecule has 0 radical (unpaired) electrons. The largest absolute Gasteiger partial charge is 0.385 e. The van der Waals surface area contributed by atoms with E-state index >= 15 is 0 Å². The van der Waals surface area contributed by atoms with Gasteiger partial charge in [-0.2, -0.15) is 0 Å². The van der Waals surface area contributed by atoms with E-state index in [1.807, 2.05) is 4.90 Å². The van der Waals surface area contributed by atoms with Gasteiger partial charge < -0.3 is 20.3 Å². The summed E-state index contributed by atoms with van der Waals surface area (Å²) in [6.07, 6.45) is 5.76. The normalized spacial score (nSPS) is 21.2. The molecule has 1 amide bonds. The summed E-state index contributed by atoms with van der Waals surface area (Å²) in [4.78, 5) is 20.1. The summed E-state index contributed by atoms with van der Waals surface area (Å²) in [5.74, 6) is 0.777. The summed E-state index contributed by atoms with van der Waals surface area (Å²) in [5.41, 5.74) is 6.50. The summed E-state index contributed by atoms with van der Waals surface area (Å²) < 4.78 is 5.22. The molecule has 0 aromatic rings. The zero-order chi connectivity index (χ0) is 16.0. The summed E-state index contributed by atoms with van der Waals surface area (Å²) in [7, 11) is 1.75. The van der Waals surface area contributed by atoms with Crippen molar-refractivity contribution in [3.8, 4) is 0 Å². The van der Waals surface area contributed by atoms with E-state index in [1.165, 1.54) is 19.3 Å². The van der Waals surface area contributed by atoms with Gasteiger partial charge in [0.15, 0.2) is 5.96 Å². The van der Waals surface area contributed by atoms with Gasteiger partial charge in [-0.25, -0.2) is 0 Å². The van der Waals surface area contributed by atoms with E-state index in [-0.39, 0.29) is 22.9 Å². The van der Waals surface area contributed by atoms with Crippen LogP contribution in [0.3, 0.4) is 0 Å². The molecule has 0 aromatic carbocycles. The molecule has 23 heavy (non-hydrogen) atoms. The highest BCUT2D eigenvalue weighted by molar-refractivity contribution is 8.93. The summed E-state index contributed by atoms with van der Waals surface area (Å²) >= 11 is 0. The molecule has 0 spiro atoms. The second-order valence-corrected chi connectivity index (χ2v) is 6.62. The van der Waals surface area contributed by atoms with Crippen molar-refractivity contribution in [2.45, 2.75) is 39.0 Å². The average molecular weight is 391 g/mol. The van der Waals surface area contributed by atoms with E-state index in [2.05, 4.69) is 9.89 Å². The van der Waals surface area contributed by atoms with Crippen LogP contribution in [-0.4, -0.2) is 68.1 Å². The van der Waals surface area contributed by atoms with Gasteiger partial charge in [0.2, 0.25) is 5.91 Å². The summed E-state index contributed by atoms with van der Waals surface area (Å²) in [6.45, 7) is 6.44. The number of halogens is 1. The van der Waals surface area contributed by atoms with Crippen molar-refractivity contribution in [3.63, 3.8) is 0 Å². The number of hydrogen-bond acceptors (Lipinski definition) is 3. The number of aliphatic imine (C=N–C) groups is 1. The van der Waals surface area contributed by atoms with Crippen LogP contribution in [0.5, 0.6) is 0 Å². The topological polar surface area (TPSA) is 71.2 Å². The number of ether oxygens (including phenoxy) is 1. The van der Waals surface area contributed by atoms with Crippen molar-refractivity contribution >= 4 is 28.8 Å². The highest BCUT2D eigenvalue weighted by atomic mass is 79.9. The Morgan fingerprint density at radius 2 is 1.83 bits per heavy atom. The maximum atomic E-state index is 11.5. The molecule has 1 aliphatic heterocycles. The molecule has 134 valence electrons. The van der Waals surface area contributed by atoms with Crippen molar-refractivity contribution in [1.82, 2.24) is 9.80 Å². The fraction of sp³-hybridized carbons (Fsp3) is 0.875. The summed E-state index contributed by atoms with van der Waals surface area (Å²) in [5, 5.41) is 0. The smallest absolute Gasteiger partial charge is 0.219 e. The molecule has 6 nitrogen and oxygen atoms in total. The lowest BCUT2D eigenvalue weighted by Gasteiger charge is -2.41. The van der Waals surface area contributed by atoms with Crippen molar-refractivity contribution in [3.05, 3.63) is 0 Å². The van der Waals surface area contributed by atoms with Crippen LogP contribution < -0.4 is 5.73 Å². The number of amides is 1. The third kappa shape index (κ3) is 5.64. The van der Waals surface area contributed by atoms with Gasteiger partial charge >= 0.3 is 0 Å². The van der Waals surface area contributed by atoms with Crippen molar-refractivity contribution < 1.29 is 9.53 Å². The van der Waals surface area contributed by atoms with Crippen LogP contribution >= 0.6 is 17.0 Å². The molecule has 0 unspecified atom stereocenters. The molecule has 0 atom stereocenters. The van der Waals surface area contributed by atoms with E-state index in [4.69, 9.17) is 10.5 Å². The second-order valence-electron chi connectivity index (χ2n) is 6.62. The molecule has 0 aromatic heterocycles. The first-order valence-electron chi connectivity index (χ1n) is 8.36. The first-order chi connectivity index (χ1) is 10.6. The van der Waals surface area contributed by atoms with Crippen molar-refractivity contribution in [1.29, 1.82) is 0 Å². The number of nitrogens with two attached hydrogens (primary N) is 1. The minimum Gasteiger partial charge on any atom is -0.385 e. The number of carbonyl (C=O) groups is 1. The minimum absolute atomic E-state index is 0. The van der Waals surface area contributed by atoms with Crippen LogP contribution in [0.2, 0.25) is 0 Å². The molecule has 2 rings (SSSR count). The van der Waals surface area contributed by atoms with Crippen molar-refractivity contribution in [2.75, 3.05) is 46.4 Å². The Bertz CT molecular complexity index is 413. The molecule has 2 fully saturated rings. The molecule has 7 heteroatoms. The van der Waals surface area contributed by atoms with Crippen LogP contribution in [-0.2, 0) is 9.53 Å². The fourth-order valence-electron chi connectivity index (χ4n) is 3.29. The van der Waals surface area contributed by atoms with Gasteiger partial charge in [0, 0.05) is 53.4 Å². The van der Waals surface area contributed by atoms with Crippen LogP contribution in [0.15, 0.2) is 4.99 Å². The van der Waals surface area contributed by atoms with Gasteiger partial charge in [-0.3, -0.25) is 9.79 Å². The van der Waals surface area contributed by atoms with Gasteiger partial charge in [0.25, 0.3) is 0 Å². The SMILES string of the molecule is Br.COCCC1(CN=C(N)N2CCCN(C(C)=O)CC2)CCC1. The van der Waals surface area contributed by atoms with E-state index in [0.29, 0.717) is 11.4 Å². The minimum atomic E-state index is 0. The number of nitrogens with zero attached hydrogens (tertiary/aromatic N) is 3. The Balaban J connectivity index is 0.00000264. The van der Waals surface area contributed by atoms with Gasteiger partial charge in [-0.05, 0) is 31.1 Å². The lowest BCUT2D eigenvalue weighted by Crippen LogP contribution is -2.42. The highest BCUT2D eigenvalue weighted by Gasteiger charge is 2.36. The van der Waals surface area contributed by atoms with Crippen molar-refractivity contribution in [2.24, 2.45) is 16.1 Å². The van der Waals surface area contributed by atoms with E-state index in [9.17, 15) is 4.79 Å². The zero-order valence-corrected chi connectivity index (χ0v) is 16.1. The average Bonchev–Trinajstić information content (AvgIpc) is 2.71. The van der Waals surface area contributed by atoms with E-state index in [1.54, 1.807) is 14.0 Å². The second kappa shape index (κ2) is 9.47. The molecule has 1 heterocycles. The Hall–Kier alpha value is -0.820. The van der Waals surface area contributed by atoms with Gasteiger partial charge in [0.1, 0.15) is 0 Å². The van der Waals surface area contributed by atoms with Gasteiger partial charge in [-0.1, -0.05) is 6.42 Å². The molecule has 1 saturated carbocycles. The molecule has 1 saturated heterocycles. The predicted molar refractivity (Wildman–Crippen MR) is 98.0 cm³/mol. The zero-order valence-electron chi connectivity index (χ0n) is 14.4. The first-order valence-corrected chi connectivity index (χ1v) is 8.36. The number of rotatable bonds is 5. The number of carbonyl (C=O) groups excluding carboxylic acids is 1. The van der Waals surface area contributed by atoms with Crippen LogP contribution in [0, 0.1) is 5.41 Å². The standard InChI is InChI=1S/C16H30N4O2.BrH/c1-14(21)19-8-4-9-20(11-10-19)15(17)18-13-16(5-3-6-16)7-12-22-2;/h3-13H2,1-2H3,(H2,17,18);1H. The molecule has 2 N–H and O–H groups in total. The highest BCUT2D eigenvalue weighted by Crippen LogP contribution is 2.44. The third-order valence-electron chi connectivity index (χ3n) is 5.09. The monoisotopic (exact) mass is 390 g/mol. The quantitative estimate of drug-likeness (QED) is 0.571. The lowest BCUT2D eigenvalue weighted by molar-refractivity contribution is -0.128. The molecule has 1 aliphatic carbocycles. The molecule has 0 bridgehead atoms. The molecular weight excluding hydrogens is 360 g/mol. The van der Waals surface area contributed by atoms with Crippen LogP contribution in [0.1, 0.15) is 39.0 Å². The summed E-state index contributed by atoms with van der Waals surface area (Å²) in [6, 6.07) is 0. The Morgan fingerprint density at radius 3 is 2.39 bits per heavy atom. The fourth-order valence-corrected chi connectivity index (χ4v) is 3.29. The Morgan fingerprint density at radius 1 is 1.17 bits per heavy atom. The Labute approximate surface area is 150 Å². The Kier molecular flexibility index (Phi) is 8.33. The predicted octanol–water partition coefficient (Wildman–Crippen LogP) is 1.64. The maximum absolute atomic E-state index is 11.5. The van der Waals surface area contributed by atoms with Crippen LogP contribution in [0.4, 0.5) is 0 Å². The van der Waals surface area contributed by atoms with Crippen LogP contribution in [0.25, 0.3) is 0 Å². The molecular formula is C16H31BrN4O2. The lowest BCUT2D eigenvalue weighted by atomic mass is 9.67. The van der Waals surface area contributed by atoms with E-state index < -0.39 is 0 Å². The number of guanidine groups is 1. The van der Waals surface area contributed by atoms with Gasteiger partial charge in [0.05, 0.1) is 0 Å². The first kappa shape index (κ1) is 20.2. The third-order valence-corrected chi connectivity index (χ3v) is 5.09. The molecule has 2 aliphatic rings. The maximum Gasteiger partial charge on any atom is 0.219 e. The van der Waals surface area contributed by atoms with Gasteiger partial charge in [-0.15, -0.1) is 17.0 Å². The number of hydrogen-bond donors (Lipinski definition) is 1.